The smallest absolute Gasteiger partial charge is 0.241 e. The number of carbonyl (C=O) groups excluding carboxylic acids is 1. The van der Waals surface area contributed by atoms with E-state index in [2.05, 4.69) is 40.9 Å². The van der Waals surface area contributed by atoms with E-state index in [1.807, 2.05) is 0 Å². The van der Waals surface area contributed by atoms with Gasteiger partial charge in [0.05, 0.1) is 6.04 Å². The van der Waals surface area contributed by atoms with E-state index in [0.717, 1.165) is 19.4 Å². The number of amides is 1. The van der Waals surface area contributed by atoms with Crippen LogP contribution in [0.15, 0.2) is 16.8 Å². The van der Waals surface area contributed by atoms with Crippen LogP contribution in [0.25, 0.3) is 0 Å². The Morgan fingerprint density at radius 2 is 2.24 bits per heavy atom. The van der Waals surface area contributed by atoms with E-state index in [9.17, 15) is 4.79 Å². The second kappa shape index (κ2) is 6.09. The Morgan fingerprint density at radius 1 is 1.43 bits per heavy atom. The van der Waals surface area contributed by atoms with Crippen molar-refractivity contribution in [3.63, 3.8) is 0 Å². The number of thiophene rings is 1. The van der Waals surface area contributed by atoms with Crippen molar-refractivity contribution in [1.29, 1.82) is 0 Å². The second-order valence-corrected chi connectivity index (χ2v) is 7.42. The average molecular weight is 306 g/mol. The summed E-state index contributed by atoms with van der Waals surface area (Å²) in [5, 5.41) is 7.85. The number of rotatable bonds is 6. The molecule has 2 fully saturated rings. The van der Waals surface area contributed by atoms with Gasteiger partial charge in [-0.05, 0) is 53.5 Å². The van der Waals surface area contributed by atoms with Crippen molar-refractivity contribution in [3.05, 3.63) is 22.4 Å². The topological polar surface area (TPSA) is 32.3 Å². The third-order valence-electron chi connectivity index (χ3n) is 5.36. The Labute approximate surface area is 131 Å². The molecule has 116 valence electrons. The molecule has 2 aliphatic rings. The second-order valence-electron chi connectivity index (χ2n) is 6.64. The molecular weight excluding hydrogens is 280 g/mol. The lowest BCUT2D eigenvalue weighted by molar-refractivity contribution is -0.133. The van der Waals surface area contributed by atoms with Gasteiger partial charge in [-0.2, -0.15) is 11.3 Å². The van der Waals surface area contributed by atoms with Crippen molar-refractivity contribution >= 4 is 17.2 Å². The number of nitrogens with one attached hydrogen (secondary N) is 1. The van der Waals surface area contributed by atoms with E-state index in [-0.39, 0.29) is 12.2 Å². The molecule has 4 heteroatoms. The molecule has 2 unspecified atom stereocenters. The maximum absolute atomic E-state index is 12.8. The summed E-state index contributed by atoms with van der Waals surface area (Å²) in [7, 11) is 0. The first-order valence-corrected chi connectivity index (χ1v) is 9.22. The fourth-order valence-corrected chi connectivity index (χ4v) is 4.39. The van der Waals surface area contributed by atoms with Crippen LogP contribution in [0.3, 0.4) is 0 Å². The average Bonchev–Trinajstić information content (AvgIpc) is 3.05. The van der Waals surface area contributed by atoms with Crippen LogP contribution >= 0.6 is 11.3 Å². The van der Waals surface area contributed by atoms with Crippen LogP contribution in [-0.4, -0.2) is 23.4 Å². The van der Waals surface area contributed by atoms with Gasteiger partial charge in [-0.3, -0.25) is 10.1 Å². The number of hydrogen-bond acceptors (Lipinski definition) is 3. The quantitative estimate of drug-likeness (QED) is 0.863. The molecule has 0 spiro atoms. The standard InChI is InChI=1S/C17H26N2OS/c1-3-6-14-16(20)19(12-17(4-2)8-5-9-17)15(18-14)13-7-10-21-11-13/h7,10-11,14-15,18H,3-6,8-9,12H2,1-2H3. The molecule has 1 saturated carbocycles. The Morgan fingerprint density at radius 3 is 2.76 bits per heavy atom. The maximum atomic E-state index is 12.8. The summed E-state index contributed by atoms with van der Waals surface area (Å²) in [6, 6.07) is 2.16. The summed E-state index contributed by atoms with van der Waals surface area (Å²) in [4.78, 5) is 14.9. The van der Waals surface area contributed by atoms with Crippen molar-refractivity contribution in [2.75, 3.05) is 6.54 Å². The van der Waals surface area contributed by atoms with Gasteiger partial charge in [-0.1, -0.05) is 26.7 Å². The van der Waals surface area contributed by atoms with Crippen molar-refractivity contribution < 1.29 is 4.79 Å². The summed E-state index contributed by atoms with van der Waals surface area (Å²) in [6.45, 7) is 5.35. The van der Waals surface area contributed by atoms with E-state index in [1.165, 1.54) is 31.2 Å². The van der Waals surface area contributed by atoms with Crippen LogP contribution in [-0.2, 0) is 4.79 Å². The highest BCUT2D eigenvalue weighted by Gasteiger charge is 2.45. The lowest BCUT2D eigenvalue weighted by atomic mass is 9.66. The molecule has 1 aromatic rings. The minimum Gasteiger partial charge on any atom is -0.321 e. The van der Waals surface area contributed by atoms with Gasteiger partial charge < -0.3 is 4.90 Å². The van der Waals surface area contributed by atoms with E-state index in [0.29, 0.717) is 11.3 Å². The highest BCUT2D eigenvalue weighted by molar-refractivity contribution is 7.07. The van der Waals surface area contributed by atoms with E-state index in [4.69, 9.17) is 0 Å². The molecule has 1 amide bonds. The number of hydrogen-bond donors (Lipinski definition) is 1. The van der Waals surface area contributed by atoms with Crippen LogP contribution in [0.5, 0.6) is 0 Å². The lowest BCUT2D eigenvalue weighted by Crippen LogP contribution is -2.44. The SMILES string of the molecule is CCCC1NC(c2ccsc2)N(CC2(CC)CCC2)C1=O. The minimum absolute atomic E-state index is 0.00822. The molecule has 3 nitrogen and oxygen atoms in total. The molecule has 3 rings (SSSR count). The lowest BCUT2D eigenvalue weighted by Gasteiger charge is -2.45. The van der Waals surface area contributed by atoms with Crippen molar-refractivity contribution in [2.45, 2.75) is 64.6 Å². The number of carbonyl (C=O) groups is 1. The van der Waals surface area contributed by atoms with Gasteiger partial charge in [-0.15, -0.1) is 0 Å². The van der Waals surface area contributed by atoms with Gasteiger partial charge in [0.2, 0.25) is 5.91 Å². The molecule has 1 aliphatic carbocycles. The van der Waals surface area contributed by atoms with Crippen LogP contribution in [0.2, 0.25) is 0 Å². The van der Waals surface area contributed by atoms with Crippen molar-refractivity contribution in [2.24, 2.45) is 5.41 Å². The van der Waals surface area contributed by atoms with E-state index < -0.39 is 0 Å². The van der Waals surface area contributed by atoms with Gasteiger partial charge in [0.15, 0.2) is 0 Å². The first-order valence-electron chi connectivity index (χ1n) is 8.28. The zero-order valence-corrected chi connectivity index (χ0v) is 13.9. The Hall–Kier alpha value is -0.870. The first kappa shape index (κ1) is 15.0. The van der Waals surface area contributed by atoms with Gasteiger partial charge in [0.25, 0.3) is 0 Å². The summed E-state index contributed by atoms with van der Waals surface area (Å²) in [5.41, 5.74) is 1.63. The molecule has 2 atom stereocenters. The zero-order valence-electron chi connectivity index (χ0n) is 13.1. The van der Waals surface area contributed by atoms with Crippen LogP contribution in [0, 0.1) is 5.41 Å². The predicted octanol–water partition coefficient (Wildman–Crippen LogP) is 3.93. The zero-order chi connectivity index (χ0) is 14.9. The van der Waals surface area contributed by atoms with Gasteiger partial charge >= 0.3 is 0 Å². The fourth-order valence-electron chi connectivity index (χ4n) is 3.71. The molecule has 0 aromatic carbocycles. The summed E-state index contributed by atoms with van der Waals surface area (Å²) in [5.74, 6) is 0.313. The molecule has 1 saturated heterocycles. The summed E-state index contributed by atoms with van der Waals surface area (Å²) < 4.78 is 0. The summed E-state index contributed by atoms with van der Waals surface area (Å²) >= 11 is 1.71. The van der Waals surface area contributed by atoms with Crippen molar-refractivity contribution in [3.8, 4) is 0 Å². The molecule has 2 heterocycles. The first-order chi connectivity index (χ1) is 10.2. The molecule has 1 aliphatic heterocycles. The normalized spacial score (nSPS) is 27.9. The third-order valence-corrected chi connectivity index (χ3v) is 6.06. The van der Waals surface area contributed by atoms with Gasteiger partial charge in [-0.25, -0.2) is 0 Å². The van der Waals surface area contributed by atoms with E-state index >= 15 is 0 Å². The van der Waals surface area contributed by atoms with Gasteiger partial charge in [0, 0.05) is 6.54 Å². The van der Waals surface area contributed by atoms with E-state index in [1.54, 1.807) is 11.3 Å². The summed E-state index contributed by atoms with van der Waals surface area (Å²) in [6.07, 6.45) is 7.15. The van der Waals surface area contributed by atoms with Crippen LogP contribution in [0.1, 0.15) is 64.1 Å². The number of nitrogens with zero attached hydrogens (tertiary/aromatic N) is 1. The highest BCUT2D eigenvalue weighted by Crippen LogP contribution is 2.46. The predicted molar refractivity (Wildman–Crippen MR) is 87.2 cm³/mol. The highest BCUT2D eigenvalue weighted by atomic mass is 32.1. The molecule has 21 heavy (non-hydrogen) atoms. The molecule has 0 radical (unpaired) electrons. The Bertz CT molecular complexity index is 475. The molecule has 1 aromatic heterocycles. The third kappa shape index (κ3) is 2.76. The van der Waals surface area contributed by atoms with Crippen molar-refractivity contribution in [1.82, 2.24) is 10.2 Å². The molecule has 1 N–H and O–H groups in total. The Balaban J connectivity index is 1.81. The molecule has 0 bridgehead atoms. The Kier molecular flexibility index (Phi) is 4.36. The largest absolute Gasteiger partial charge is 0.321 e. The maximum Gasteiger partial charge on any atom is 0.241 e. The molecular formula is C17H26N2OS. The fraction of sp³-hybridized carbons (Fsp3) is 0.706. The minimum atomic E-state index is 0.00822. The monoisotopic (exact) mass is 306 g/mol. The van der Waals surface area contributed by atoms with Crippen LogP contribution < -0.4 is 5.32 Å². The van der Waals surface area contributed by atoms with Crippen LogP contribution in [0.4, 0.5) is 0 Å². The van der Waals surface area contributed by atoms with Gasteiger partial charge in [0.1, 0.15) is 6.17 Å².